The summed E-state index contributed by atoms with van der Waals surface area (Å²) in [6.45, 7) is 0.878. The average Bonchev–Trinajstić information content (AvgIpc) is 2.74. The molecule has 0 saturated carbocycles. The van der Waals surface area contributed by atoms with Gasteiger partial charge in [0.15, 0.2) is 11.6 Å². The molecule has 3 N–H and O–H groups in total. The van der Waals surface area contributed by atoms with E-state index in [1.807, 2.05) is 24.3 Å². The van der Waals surface area contributed by atoms with Crippen LogP contribution in [0.5, 0.6) is 5.75 Å². The highest BCUT2D eigenvalue weighted by Gasteiger charge is 2.36. The first-order valence-electron chi connectivity index (χ1n) is 9.45. The Bertz CT molecular complexity index is 903. The molecular weight excluding hydrogens is 373 g/mol. The molecule has 0 aliphatic carbocycles. The average molecular weight is 397 g/mol. The van der Waals surface area contributed by atoms with E-state index in [0.717, 1.165) is 16.7 Å². The third-order valence-corrected chi connectivity index (χ3v) is 5.18. The van der Waals surface area contributed by atoms with Crippen LogP contribution in [-0.4, -0.2) is 37.8 Å². The minimum Gasteiger partial charge on any atom is -0.494 e. The SMILES string of the molecule is COc1ccc(-c2ccc(C[C@@H](C#N)NC(=O)C3(N)CCOCC3)cc2)cc1F. The van der Waals surface area contributed by atoms with Crippen LogP contribution in [0.15, 0.2) is 42.5 Å². The Morgan fingerprint density at radius 2 is 1.93 bits per heavy atom. The van der Waals surface area contributed by atoms with Gasteiger partial charge in [-0.15, -0.1) is 0 Å². The number of benzene rings is 2. The van der Waals surface area contributed by atoms with E-state index in [4.69, 9.17) is 15.2 Å². The smallest absolute Gasteiger partial charge is 0.241 e. The van der Waals surface area contributed by atoms with Crippen LogP contribution in [0.25, 0.3) is 11.1 Å². The number of hydrogen-bond donors (Lipinski definition) is 2. The van der Waals surface area contributed by atoms with E-state index in [1.165, 1.54) is 13.2 Å². The van der Waals surface area contributed by atoms with Gasteiger partial charge in [0.05, 0.1) is 18.7 Å². The van der Waals surface area contributed by atoms with Crippen LogP contribution in [0.4, 0.5) is 4.39 Å². The van der Waals surface area contributed by atoms with Crippen molar-refractivity contribution >= 4 is 5.91 Å². The third-order valence-electron chi connectivity index (χ3n) is 5.18. The first-order chi connectivity index (χ1) is 13.9. The largest absolute Gasteiger partial charge is 0.494 e. The number of nitrogens with two attached hydrogens (primary N) is 1. The summed E-state index contributed by atoms with van der Waals surface area (Å²) in [6.07, 6.45) is 1.22. The number of amides is 1. The van der Waals surface area contributed by atoms with Gasteiger partial charge in [-0.2, -0.15) is 5.26 Å². The molecule has 29 heavy (non-hydrogen) atoms. The highest BCUT2D eigenvalue weighted by Crippen LogP contribution is 2.26. The molecule has 0 bridgehead atoms. The van der Waals surface area contributed by atoms with Crippen molar-refractivity contribution in [3.63, 3.8) is 0 Å². The van der Waals surface area contributed by atoms with Gasteiger partial charge in [0, 0.05) is 19.6 Å². The molecule has 0 spiro atoms. The van der Waals surface area contributed by atoms with E-state index in [9.17, 15) is 14.4 Å². The van der Waals surface area contributed by atoms with Crippen molar-refractivity contribution in [3.8, 4) is 22.9 Å². The van der Waals surface area contributed by atoms with Gasteiger partial charge in [-0.1, -0.05) is 30.3 Å². The first-order valence-corrected chi connectivity index (χ1v) is 9.45. The molecule has 1 atom stereocenters. The first kappa shape index (κ1) is 20.8. The van der Waals surface area contributed by atoms with Crippen LogP contribution in [0.1, 0.15) is 18.4 Å². The summed E-state index contributed by atoms with van der Waals surface area (Å²) in [4.78, 5) is 12.5. The van der Waals surface area contributed by atoms with Crippen molar-refractivity contribution < 1.29 is 18.7 Å². The summed E-state index contributed by atoms with van der Waals surface area (Å²) in [5.74, 6) is -0.553. The highest BCUT2D eigenvalue weighted by molar-refractivity contribution is 5.86. The van der Waals surface area contributed by atoms with Gasteiger partial charge >= 0.3 is 0 Å². The molecule has 0 unspecified atom stereocenters. The molecule has 2 aromatic rings. The zero-order valence-electron chi connectivity index (χ0n) is 16.3. The fourth-order valence-corrected chi connectivity index (χ4v) is 3.31. The van der Waals surface area contributed by atoms with Crippen LogP contribution in [-0.2, 0) is 16.0 Å². The lowest BCUT2D eigenvalue weighted by Gasteiger charge is -2.32. The van der Waals surface area contributed by atoms with E-state index >= 15 is 0 Å². The van der Waals surface area contributed by atoms with Gasteiger partial charge < -0.3 is 20.5 Å². The van der Waals surface area contributed by atoms with Crippen molar-refractivity contribution in [2.75, 3.05) is 20.3 Å². The predicted octanol–water partition coefficient (Wildman–Crippen LogP) is 2.56. The number of halogens is 1. The molecule has 1 aliphatic rings. The molecule has 1 heterocycles. The lowest BCUT2D eigenvalue weighted by atomic mass is 9.90. The summed E-state index contributed by atoms with van der Waals surface area (Å²) in [5, 5.41) is 12.2. The van der Waals surface area contributed by atoms with Crippen LogP contribution >= 0.6 is 0 Å². The van der Waals surface area contributed by atoms with Crippen molar-refractivity contribution in [2.24, 2.45) is 5.73 Å². The molecular formula is C22H24FN3O3. The number of carbonyl (C=O) groups is 1. The number of carbonyl (C=O) groups excluding carboxylic acids is 1. The summed E-state index contributed by atoms with van der Waals surface area (Å²) >= 11 is 0. The predicted molar refractivity (Wildman–Crippen MR) is 107 cm³/mol. The van der Waals surface area contributed by atoms with Crippen molar-refractivity contribution in [1.29, 1.82) is 5.26 Å². The summed E-state index contributed by atoms with van der Waals surface area (Å²) < 4.78 is 24.1. The van der Waals surface area contributed by atoms with E-state index in [1.54, 1.807) is 12.1 Å². The fraction of sp³-hybridized carbons (Fsp3) is 0.364. The van der Waals surface area contributed by atoms with E-state index in [2.05, 4.69) is 11.4 Å². The van der Waals surface area contributed by atoms with E-state index in [-0.39, 0.29) is 11.7 Å². The molecule has 152 valence electrons. The van der Waals surface area contributed by atoms with Gasteiger partial charge in [-0.25, -0.2) is 4.39 Å². The van der Waals surface area contributed by atoms with E-state index < -0.39 is 17.4 Å². The molecule has 0 aromatic heterocycles. The summed E-state index contributed by atoms with van der Waals surface area (Å²) in [6, 6.07) is 13.7. The Hall–Kier alpha value is -2.95. The van der Waals surface area contributed by atoms with Crippen molar-refractivity contribution in [1.82, 2.24) is 5.32 Å². The molecule has 1 amide bonds. The Balaban J connectivity index is 1.65. The molecule has 1 aliphatic heterocycles. The number of ether oxygens (including phenoxy) is 2. The number of nitrogens with one attached hydrogen (secondary N) is 1. The maximum atomic E-state index is 13.9. The standard InChI is InChI=1S/C22H24FN3O3/c1-28-20-7-6-17(13-19(20)23)16-4-2-15(3-5-16)12-18(14-24)26-21(27)22(25)8-10-29-11-9-22/h2-7,13,18H,8-12,25H2,1H3,(H,26,27)/t18-/m0/s1. The Labute approximate surface area is 169 Å². The normalized spacial score (nSPS) is 16.5. The minimum atomic E-state index is -0.990. The fourth-order valence-electron chi connectivity index (χ4n) is 3.31. The second-order valence-electron chi connectivity index (χ2n) is 7.17. The van der Waals surface area contributed by atoms with Gasteiger partial charge in [0.2, 0.25) is 5.91 Å². The van der Waals surface area contributed by atoms with E-state index in [0.29, 0.717) is 32.5 Å². The maximum absolute atomic E-state index is 13.9. The van der Waals surface area contributed by atoms with Crippen molar-refractivity contribution in [2.45, 2.75) is 30.8 Å². The Morgan fingerprint density at radius 3 is 2.52 bits per heavy atom. The third kappa shape index (κ3) is 4.91. The van der Waals surface area contributed by atoms with Gasteiger partial charge in [0.25, 0.3) is 0 Å². The monoisotopic (exact) mass is 397 g/mol. The van der Waals surface area contributed by atoms with Crippen LogP contribution in [0.3, 0.4) is 0 Å². The molecule has 3 rings (SSSR count). The Morgan fingerprint density at radius 1 is 1.28 bits per heavy atom. The number of nitrogens with zero attached hydrogens (tertiary/aromatic N) is 1. The number of nitriles is 1. The zero-order valence-corrected chi connectivity index (χ0v) is 16.3. The topological polar surface area (TPSA) is 97.4 Å². The zero-order chi connectivity index (χ0) is 20.9. The lowest BCUT2D eigenvalue weighted by molar-refractivity contribution is -0.130. The number of rotatable bonds is 6. The molecule has 1 fully saturated rings. The van der Waals surface area contributed by atoms with Gasteiger partial charge in [0.1, 0.15) is 6.04 Å². The summed E-state index contributed by atoms with van der Waals surface area (Å²) in [5.41, 5.74) is 7.64. The number of methoxy groups -OCH3 is 1. The maximum Gasteiger partial charge on any atom is 0.241 e. The molecule has 1 saturated heterocycles. The van der Waals surface area contributed by atoms with Crippen LogP contribution < -0.4 is 15.8 Å². The minimum absolute atomic E-state index is 0.195. The molecule has 6 nitrogen and oxygen atoms in total. The molecule has 0 radical (unpaired) electrons. The van der Waals surface area contributed by atoms with Gasteiger partial charge in [-0.3, -0.25) is 4.79 Å². The van der Waals surface area contributed by atoms with Crippen LogP contribution in [0.2, 0.25) is 0 Å². The van der Waals surface area contributed by atoms with Crippen molar-refractivity contribution in [3.05, 3.63) is 53.8 Å². The lowest BCUT2D eigenvalue weighted by Crippen LogP contribution is -2.58. The summed E-state index contributed by atoms with van der Waals surface area (Å²) in [7, 11) is 1.42. The second-order valence-corrected chi connectivity index (χ2v) is 7.17. The quantitative estimate of drug-likeness (QED) is 0.781. The van der Waals surface area contributed by atoms with Gasteiger partial charge in [-0.05, 0) is 41.7 Å². The number of hydrogen-bond acceptors (Lipinski definition) is 5. The Kier molecular flexibility index (Phi) is 6.47. The molecule has 2 aromatic carbocycles. The molecule has 7 heteroatoms. The van der Waals surface area contributed by atoms with Crippen LogP contribution in [0, 0.1) is 17.1 Å². The second kappa shape index (κ2) is 9.03. The highest BCUT2D eigenvalue weighted by atomic mass is 19.1.